The van der Waals surface area contributed by atoms with E-state index in [0.717, 1.165) is 20.6 Å². The Hall–Kier alpha value is -3.43. The van der Waals surface area contributed by atoms with Crippen molar-refractivity contribution in [2.45, 2.75) is 11.8 Å². The highest BCUT2D eigenvalue weighted by Crippen LogP contribution is 2.27. The monoisotopic (exact) mass is 441 g/mol. The second kappa shape index (κ2) is 9.15. The van der Waals surface area contributed by atoms with Crippen LogP contribution in [0.1, 0.15) is 11.1 Å². The van der Waals surface area contributed by atoms with E-state index in [9.17, 15) is 18.3 Å². The number of ether oxygens (including phenoxy) is 1. The number of benzene rings is 3. The summed E-state index contributed by atoms with van der Waals surface area (Å²) in [5.74, 6) is -0.418. The molecular weight excluding hydrogens is 418 g/mol. The summed E-state index contributed by atoms with van der Waals surface area (Å²) in [5.41, 5.74) is 3.49. The van der Waals surface area contributed by atoms with E-state index in [2.05, 4.69) is 10.5 Å². The van der Waals surface area contributed by atoms with Crippen LogP contribution in [0, 0.1) is 6.92 Å². The number of fused-ring (bicyclic) bond motifs is 1. The molecule has 0 spiro atoms. The molecule has 8 nitrogen and oxygen atoms in total. The smallest absolute Gasteiger partial charge is 0.255 e. The molecule has 0 aliphatic heterocycles. The number of likely N-dealkylation sites (N-methyl/N-ethyl adjacent to an activating group) is 1. The molecule has 0 aliphatic rings. The van der Waals surface area contributed by atoms with Crippen LogP contribution >= 0.6 is 0 Å². The molecular formula is C22H23N3O5S. The van der Waals surface area contributed by atoms with Crippen LogP contribution in [0.2, 0.25) is 0 Å². The average Bonchev–Trinajstić information content (AvgIpc) is 2.75. The lowest BCUT2D eigenvalue weighted by atomic mass is 10.0. The minimum atomic E-state index is -3.96. The zero-order chi connectivity index (χ0) is 22.6. The van der Waals surface area contributed by atoms with E-state index in [-0.39, 0.29) is 16.4 Å². The predicted molar refractivity (Wildman–Crippen MR) is 119 cm³/mol. The number of amides is 1. The molecule has 2 N–H and O–H groups in total. The fourth-order valence-corrected chi connectivity index (χ4v) is 4.43. The lowest BCUT2D eigenvalue weighted by Gasteiger charge is -2.18. The van der Waals surface area contributed by atoms with Crippen molar-refractivity contribution in [2.24, 2.45) is 5.10 Å². The summed E-state index contributed by atoms with van der Waals surface area (Å²) in [6.45, 7) is 1.32. The highest BCUT2D eigenvalue weighted by atomic mass is 32.2. The fourth-order valence-electron chi connectivity index (χ4n) is 3.06. The molecule has 0 atom stereocenters. The molecule has 162 valence electrons. The number of sulfonamides is 1. The van der Waals surface area contributed by atoms with Gasteiger partial charge in [-0.25, -0.2) is 13.8 Å². The number of methoxy groups -OCH3 is 1. The fraction of sp³-hybridized carbons (Fsp3) is 0.182. The maximum atomic E-state index is 12.9. The Morgan fingerprint density at radius 1 is 1.19 bits per heavy atom. The number of phenols is 1. The lowest BCUT2D eigenvalue weighted by Crippen LogP contribution is -2.36. The van der Waals surface area contributed by atoms with Crippen LogP contribution in [0.3, 0.4) is 0 Å². The zero-order valence-electron chi connectivity index (χ0n) is 17.4. The number of nitrogens with zero attached hydrogens (tertiary/aromatic N) is 2. The van der Waals surface area contributed by atoms with Gasteiger partial charge in [-0.3, -0.25) is 4.79 Å². The Labute approximate surface area is 180 Å². The quantitative estimate of drug-likeness (QED) is 0.433. The van der Waals surface area contributed by atoms with E-state index in [0.29, 0.717) is 5.56 Å². The number of rotatable bonds is 7. The van der Waals surface area contributed by atoms with Crippen LogP contribution in [-0.4, -0.2) is 50.7 Å². The standard InChI is InChI=1S/C22H23N3O5S/c1-15-8-11-20(30-3)21(12-15)31(28,29)25(2)14-22(27)24-23-13-18-17-7-5-4-6-16(17)9-10-19(18)26/h4-13,26H,14H2,1-3H3,(H,24,27)/b23-13+. The Bertz CT molecular complexity index is 1260. The van der Waals surface area contributed by atoms with Gasteiger partial charge in [0.05, 0.1) is 19.9 Å². The summed E-state index contributed by atoms with van der Waals surface area (Å²) in [5, 5.41) is 15.7. The Morgan fingerprint density at radius 2 is 1.94 bits per heavy atom. The van der Waals surface area contributed by atoms with Crippen molar-refractivity contribution in [3.8, 4) is 11.5 Å². The molecule has 0 aliphatic carbocycles. The molecule has 1 amide bonds. The highest BCUT2D eigenvalue weighted by molar-refractivity contribution is 7.89. The summed E-state index contributed by atoms with van der Waals surface area (Å²) in [6.07, 6.45) is 1.33. The molecule has 0 saturated heterocycles. The molecule has 0 radical (unpaired) electrons. The van der Waals surface area contributed by atoms with Gasteiger partial charge >= 0.3 is 0 Å². The number of hydrazone groups is 1. The maximum Gasteiger partial charge on any atom is 0.255 e. The molecule has 0 heterocycles. The first kappa shape index (κ1) is 22.3. The zero-order valence-corrected chi connectivity index (χ0v) is 18.2. The van der Waals surface area contributed by atoms with Crippen molar-refractivity contribution in [2.75, 3.05) is 20.7 Å². The van der Waals surface area contributed by atoms with Gasteiger partial charge in [0.1, 0.15) is 16.4 Å². The molecule has 3 aromatic rings. The molecule has 31 heavy (non-hydrogen) atoms. The Balaban J connectivity index is 1.73. The third-order valence-electron chi connectivity index (χ3n) is 4.70. The summed E-state index contributed by atoms with van der Waals surface area (Å²) < 4.78 is 31.8. The van der Waals surface area contributed by atoms with Gasteiger partial charge in [-0.2, -0.15) is 9.41 Å². The first-order valence-corrected chi connectivity index (χ1v) is 10.8. The van der Waals surface area contributed by atoms with E-state index >= 15 is 0 Å². The second-order valence-corrected chi connectivity index (χ2v) is 8.94. The number of carbonyl (C=O) groups excluding carboxylic acids is 1. The Morgan fingerprint density at radius 3 is 2.68 bits per heavy atom. The molecule has 3 rings (SSSR count). The van der Waals surface area contributed by atoms with Crippen molar-refractivity contribution in [3.05, 3.63) is 65.7 Å². The lowest BCUT2D eigenvalue weighted by molar-refractivity contribution is -0.121. The normalized spacial score (nSPS) is 11.9. The van der Waals surface area contributed by atoms with E-state index in [1.54, 1.807) is 31.2 Å². The van der Waals surface area contributed by atoms with Gasteiger partial charge in [-0.1, -0.05) is 36.4 Å². The summed E-state index contributed by atoms with van der Waals surface area (Å²) in [4.78, 5) is 12.2. The van der Waals surface area contributed by atoms with Crippen LogP contribution < -0.4 is 10.2 Å². The van der Waals surface area contributed by atoms with Gasteiger partial charge in [0.25, 0.3) is 5.91 Å². The Kier molecular flexibility index (Phi) is 6.57. The van der Waals surface area contributed by atoms with Crippen LogP contribution in [0.5, 0.6) is 11.5 Å². The van der Waals surface area contributed by atoms with E-state index in [4.69, 9.17) is 4.74 Å². The van der Waals surface area contributed by atoms with Gasteiger partial charge < -0.3 is 9.84 Å². The van der Waals surface area contributed by atoms with Gasteiger partial charge in [0.15, 0.2) is 0 Å². The third-order valence-corrected chi connectivity index (χ3v) is 6.53. The molecule has 9 heteroatoms. The molecule has 3 aromatic carbocycles. The van der Waals surface area contributed by atoms with Crippen molar-refractivity contribution in [1.82, 2.24) is 9.73 Å². The van der Waals surface area contributed by atoms with Crippen LogP contribution in [-0.2, 0) is 14.8 Å². The van der Waals surface area contributed by atoms with Crippen molar-refractivity contribution < 1.29 is 23.1 Å². The van der Waals surface area contributed by atoms with Crippen molar-refractivity contribution >= 4 is 32.9 Å². The maximum absolute atomic E-state index is 12.9. The average molecular weight is 442 g/mol. The van der Waals surface area contributed by atoms with Crippen LogP contribution in [0.25, 0.3) is 10.8 Å². The number of hydrogen-bond donors (Lipinski definition) is 2. The van der Waals surface area contributed by atoms with Gasteiger partial charge in [-0.05, 0) is 41.5 Å². The predicted octanol–water partition coefficient (Wildman–Crippen LogP) is 2.63. The first-order valence-electron chi connectivity index (χ1n) is 9.37. The molecule has 0 aromatic heterocycles. The first-order chi connectivity index (χ1) is 14.7. The number of nitrogens with one attached hydrogen (secondary N) is 1. The minimum Gasteiger partial charge on any atom is -0.507 e. The van der Waals surface area contributed by atoms with Crippen molar-refractivity contribution in [3.63, 3.8) is 0 Å². The molecule has 0 unspecified atom stereocenters. The second-order valence-electron chi connectivity index (χ2n) is 6.93. The van der Waals surface area contributed by atoms with Gasteiger partial charge in [-0.15, -0.1) is 0 Å². The van der Waals surface area contributed by atoms with Gasteiger partial charge in [0.2, 0.25) is 10.0 Å². The van der Waals surface area contributed by atoms with E-state index in [1.165, 1.54) is 26.4 Å². The number of carbonyl (C=O) groups is 1. The van der Waals surface area contributed by atoms with E-state index in [1.807, 2.05) is 24.3 Å². The van der Waals surface area contributed by atoms with Crippen LogP contribution in [0.4, 0.5) is 0 Å². The number of aromatic hydroxyl groups is 1. The van der Waals surface area contributed by atoms with E-state index < -0.39 is 22.5 Å². The minimum absolute atomic E-state index is 0.0166. The summed E-state index contributed by atoms with van der Waals surface area (Å²) in [7, 11) is -1.27. The molecule has 0 bridgehead atoms. The topological polar surface area (TPSA) is 108 Å². The highest BCUT2D eigenvalue weighted by Gasteiger charge is 2.26. The largest absolute Gasteiger partial charge is 0.507 e. The summed E-state index contributed by atoms with van der Waals surface area (Å²) >= 11 is 0. The number of phenolic OH excluding ortho intramolecular Hbond substituents is 1. The van der Waals surface area contributed by atoms with Crippen LogP contribution in [0.15, 0.2) is 64.6 Å². The molecule has 0 fully saturated rings. The third kappa shape index (κ3) is 4.84. The summed E-state index contributed by atoms with van der Waals surface area (Å²) in [6, 6.07) is 15.5. The number of aryl methyl sites for hydroxylation is 1. The SMILES string of the molecule is COc1ccc(C)cc1S(=O)(=O)N(C)CC(=O)N/N=C/c1c(O)ccc2ccccc12. The van der Waals surface area contributed by atoms with Crippen molar-refractivity contribution in [1.29, 1.82) is 0 Å². The molecule has 0 saturated carbocycles. The number of hydrogen-bond acceptors (Lipinski definition) is 6. The van der Waals surface area contributed by atoms with Gasteiger partial charge in [0, 0.05) is 12.6 Å².